The summed E-state index contributed by atoms with van der Waals surface area (Å²) in [5.74, 6) is 0.353. The zero-order valence-electron chi connectivity index (χ0n) is 10.9. The Labute approximate surface area is 99.4 Å². The van der Waals surface area contributed by atoms with Gasteiger partial charge in [0, 0.05) is 18.6 Å². The zero-order chi connectivity index (χ0) is 12.1. The van der Waals surface area contributed by atoms with Gasteiger partial charge in [-0.15, -0.1) is 0 Å². The maximum Gasteiger partial charge on any atom is 0.227 e. The summed E-state index contributed by atoms with van der Waals surface area (Å²) in [5.41, 5.74) is 6.07. The Morgan fingerprint density at radius 1 is 1.38 bits per heavy atom. The molecule has 1 aliphatic rings. The van der Waals surface area contributed by atoms with Crippen molar-refractivity contribution in [1.82, 2.24) is 4.90 Å². The molecule has 0 aliphatic heterocycles. The highest BCUT2D eigenvalue weighted by Gasteiger charge is 2.32. The summed E-state index contributed by atoms with van der Waals surface area (Å²) in [6.45, 7) is 7.15. The van der Waals surface area contributed by atoms with Crippen molar-refractivity contribution in [1.29, 1.82) is 0 Å². The molecular weight excluding hydrogens is 200 g/mol. The molecule has 0 heterocycles. The van der Waals surface area contributed by atoms with E-state index >= 15 is 0 Å². The minimum Gasteiger partial charge on any atom is -0.340 e. The molecule has 0 aromatic rings. The molecule has 1 saturated carbocycles. The van der Waals surface area contributed by atoms with Crippen molar-refractivity contribution in [2.24, 2.45) is 11.7 Å². The first-order valence-corrected chi connectivity index (χ1v) is 6.64. The van der Waals surface area contributed by atoms with Crippen LogP contribution in [0.4, 0.5) is 0 Å². The van der Waals surface area contributed by atoms with E-state index in [1.54, 1.807) is 0 Å². The second-order valence-electron chi connectivity index (χ2n) is 5.18. The van der Waals surface area contributed by atoms with E-state index in [9.17, 15) is 4.79 Å². The molecule has 94 valence electrons. The maximum atomic E-state index is 12.4. The largest absolute Gasteiger partial charge is 0.340 e. The third kappa shape index (κ3) is 3.21. The van der Waals surface area contributed by atoms with Crippen molar-refractivity contribution in [3.63, 3.8) is 0 Å². The average molecular weight is 226 g/mol. The number of nitrogens with two attached hydrogens (primary N) is 1. The van der Waals surface area contributed by atoms with E-state index in [4.69, 9.17) is 5.73 Å². The van der Waals surface area contributed by atoms with Crippen LogP contribution >= 0.6 is 0 Å². The maximum absolute atomic E-state index is 12.4. The van der Waals surface area contributed by atoms with Gasteiger partial charge in [0.2, 0.25) is 5.91 Å². The Morgan fingerprint density at radius 2 is 2.00 bits per heavy atom. The minimum atomic E-state index is 0.0719. The van der Waals surface area contributed by atoms with Gasteiger partial charge in [-0.05, 0) is 33.1 Å². The Morgan fingerprint density at radius 3 is 2.50 bits per heavy atom. The number of hydrogen-bond acceptors (Lipinski definition) is 2. The van der Waals surface area contributed by atoms with Crippen molar-refractivity contribution >= 4 is 5.91 Å². The van der Waals surface area contributed by atoms with Gasteiger partial charge in [-0.3, -0.25) is 4.79 Å². The van der Waals surface area contributed by atoms with Gasteiger partial charge in [0.15, 0.2) is 0 Å². The fourth-order valence-corrected chi connectivity index (χ4v) is 2.54. The van der Waals surface area contributed by atoms with E-state index in [1.165, 1.54) is 6.42 Å². The molecule has 3 nitrogen and oxygen atoms in total. The van der Waals surface area contributed by atoms with E-state index in [-0.39, 0.29) is 17.9 Å². The van der Waals surface area contributed by atoms with Crippen LogP contribution < -0.4 is 5.73 Å². The Kier molecular flexibility index (Phi) is 5.26. The van der Waals surface area contributed by atoms with Gasteiger partial charge in [-0.25, -0.2) is 0 Å². The van der Waals surface area contributed by atoms with E-state index in [0.717, 1.165) is 32.2 Å². The van der Waals surface area contributed by atoms with Gasteiger partial charge in [0.1, 0.15) is 0 Å². The van der Waals surface area contributed by atoms with Crippen LogP contribution in [0.1, 0.15) is 52.9 Å². The van der Waals surface area contributed by atoms with Crippen LogP contribution in [0.25, 0.3) is 0 Å². The molecule has 3 heteroatoms. The Bertz CT molecular complexity index is 222. The highest BCUT2D eigenvalue weighted by Crippen LogP contribution is 2.25. The Hall–Kier alpha value is -0.570. The lowest BCUT2D eigenvalue weighted by Crippen LogP contribution is -2.48. The fraction of sp³-hybridized carbons (Fsp3) is 0.923. The van der Waals surface area contributed by atoms with Crippen LogP contribution in [0.3, 0.4) is 0 Å². The van der Waals surface area contributed by atoms with Gasteiger partial charge < -0.3 is 10.6 Å². The lowest BCUT2D eigenvalue weighted by Gasteiger charge is -2.35. The quantitative estimate of drug-likeness (QED) is 0.798. The average Bonchev–Trinajstić information content (AvgIpc) is 2.25. The summed E-state index contributed by atoms with van der Waals surface area (Å²) in [4.78, 5) is 14.4. The monoisotopic (exact) mass is 226 g/mol. The number of rotatable bonds is 4. The first kappa shape index (κ1) is 13.5. The van der Waals surface area contributed by atoms with E-state index in [0.29, 0.717) is 6.04 Å². The molecule has 2 unspecified atom stereocenters. The molecule has 1 fully saturated rings. The normalized spacial score (nSPS) is 25.8. The Balaban J connectivity index is 2.65. The van der Waals surface area contributed by atoms with Crippen molar-refractivity contribution in [3.8, 4) is 0 Å². The second kappa shape index (κ2) is 6.24. The lowest BCUT2D eigenvalue weighted by molar-refractivity contribution is -0.138. The summed E-state index contributed by atoms with van der Waals surface area (Å²) < 4.78 is 0. The van der Waals surface area contributed by atoms with Gasteiger partial charge in [-0.2, -0.15) is 0 Å². The van der Waals surface area contributed by atoms with Gasteiger partial charge >= 0.3 is 0 Å². The predicted molar refractivity (Wildman–Crippen MR) is 67.1 cm³/mol. The summed E-state index contributed by atoms with van der Waals surface area (Å²) in [7, 11) is 0. The summed E-state index contributed by atoms with van der Waals surface area (Å²) in [6, 6.07) is 0.376. The third-order valence-electron chi connectivity index (χ3n) is 3.51. The van der Waals surface area contributed by atoms with E-state index < -0.39 is 0 Å². The van der Waals surface area contributed by atoms with Crippen molar-refractivity contribution < 1.29 is 4.79 Å². The molecule has 1 aliphatic carbocycles. The topological polar surface area (TPSA) is 46.3 Å². The fourth-order valence-electron chi connectivity index (χ4n) is 2.54. The van der Waals surface area contributed by atoms with Gasteiger partial charge in [0.25, 0.3) is 0 Å². The molecule has 0 spiro atoms. The molecule has 1 rings (SSSR count). The number of carbonyl (C=O) groups excluding carboxylic acids is 1. The van der Waals surface area contributed by atoms with Crippen molar-refractivity contribution in [3.05, 3.63) is 0 Å². The molecular formula is C13H26N2O. The molecule has 16 heavy (non-hydrogen) atoms. The van der Waals surface area contributed by atoms with Gasteiger partial charge in [0.05, 0.1) is 5.92 Å². The lowest BCUT2D eigenvalue weighted by atomic mass is 9.84. The summed E-state index contributed by atoms with van der Waals surface area (Å²) in [6.07, 6.45) is 5.34. The van der Waals surface area contributed by atoms with Crippen LogP contribution in [-0.2, 0) is 4.79 Å². The molecule has 0 radical (unpaired) electrons. The van der Waals surface area contributed by atoms with E-state index in [1.807, 2.05) is 4.90 Å². The number of amides is 1. The third-order valence-corrected chi connectivity index (χ3v) is 3.51. The van der Waals surface area contributed by atoms with E-state index in [2.05, 4.69) is 20.8 Å². The van der Waals surface area contributed by atoms with Crippen LogP contribution in [0.5, 0.6) is 0 Å². The second-order valence-corrected chi connectivity index (χ2v) is 5.18. The molecule has 0 bridgehead atoms. The first-order valence-electron chi connectivity index (χ1n) is 6.64. The standard InChI is InChI=1S/C13H26N2O/c1-4-9-15(10(2)3)13(16)11-7-5-6-8-12(11)14/h10-12H,4-9,14H2,1-3H3. The molecule has 1 amide bonds. The molecule has 0 aromatic heterocycles. The molecule has 0 aromatic carbocycles. The van der Waals surface area contributed by atoms with Crippen LogP contribution in [0.15, 0.2) is 0 Å². The number of nitrogens with zero attached hydrogens (tertiary/aromatic N) is 1. The zero-order valence-corrected chi connectivity index (χ0v) is 10.9. The van der Waals surface area contributed by atoms with Crippen molar-refractivity contribution in [2.45, 2.75) is 65.0 Å². The smallest absolute Gasteiger partial charge is 0.227 e. The summed E-state index contributed by atoms with van der Waals surface area (Å²) >= 11 is 0. The predicted octanol–water partition coefficient (Wildman–Crippen LogP) is 2.15. The van der Waals surface area contributed by atoms with Crippen LogP contribution in [0.2, 0.25) is 0 Å². The summed E-state index contributed by atoms with van der Waals surface area (Å²) in [5, 5.41) is 0. The highest BCUT2D eigenvalue weighted by atomic mass is 16.2. The first-order chi connectivity index (χ1) is 7.57. The molecule has 2 atom stereocenters. The SMILES string of the molecule is CCCN(C(=O)C1CCCCC1N)C(C)C. The van der Waals surface area contributed by atoms with Crippen LogP contribution in [-0.4, -0.2) is 29.4 Å². The number of hydrogen-bond donors (Lipinski definition) is 1. The van der Waals surface area contributed by atoms with Crippen molar-refractivity contribution in [2.75, 3.05) is 6.54 Å². The van der Waals surface area contributed by atoms with Crippen LogP contribution in [0, 0.1) is 5.92 Å². The molecule has 0 saturated heterocycles. The molecule has 2 N–H and O–H groups in total. The number of carbonyl (C=O) groups is 1. The van der Waals surface area contributed by atoms with Gasteiger partial charge in [-0.1, -0.05) is 19.8 Å². The minimum absolute atomic E-state index is 0.0719. The highest BCUT2D eigenvalue weighted by molar-refractivity contribution is 5.80.